The van der Waals surface area contributed by atoms with Gasteiger partial charge in [-0.25, -0.2) is 8.42 Å². The number of aromatic nitrogens is 3. The molecule has 41 heavy (non-hydrogen) atoms. The van der Waals surface area contributed by atoms with Gasteiger partial charge in [-0.05, 0) is 67.4 Å². The van der Waals surface area contributed by atoms with Gasteiger partial charge in [-0.3, -0.25) is 9.71 Å². The number of hydrogen-bond donors (Lipinski definition) is 3. The van der Waals surface area contributed by atoms with Crippen LogP contribution >= 0.6 is 0 Å². The topological polar surface area (TPSA) is 130 Å². The normalized spacial score (nSPS) is 12.3. The van der Waals surface area contributed by atoms with E-state index in [1.54, 1.807) is 54.9 Å². The van der Waals surface area contributed by atoms with E-state index in [9.17, 15) is 13.5 Å². The van der Waals surface area contributed by atoms with E-state index in [1.165, 1.54) is 25.7 Å². The van der Waals surface area contributed by atoms with E-state index in [4.69, 9.17) is 4.52 Å². The molecule has 0 fully saturated rings. The van der Waals surface area contributed by atoms with E-state index in [2.05, 4.69) is 32.1 Å². The summed E-state index contributed by atoms with van der Waals surface area (Å²) in [4.78, 5) is 8.64. The van der Waals surface area contributed by atoms with Gasteiger partial charge in [-0.15, -0.1) is 0 Å². The summed E-state index contributed by atoms with van der Waals surface area (Å²) >= 11 is 0. The zero-order valence-corrected chi connectivity index (χ0v) is 24.3. The number of rotatable bonds is 17. The van der Waals surface area contributed by atoms with Crippen LogP contribution < -0.4 is 10.0 Å². The van der Waals surface area contributed by atoms with Gasteiger partial charge in [0.2, 0.25) is 11.7 Å². The third-order valence-corrected chi connectivity index (χ3v) is 8.24. The molecule has 9 nitrogen and oxygen atoms in total. The van der Waals surface area contributed by atoms with Gasteiger partial charge >= 0.3 is 0 Å². The zero-order valence-electron chi connectivity index (χ0n) is 23.5. The minimum absolute atomic E-state index is 0.150. The summed E-state index contributed by atoms with van der Waals surface area (Å²) in [7, 11) is -3.76. The number of hydrogen-bond acceptors (Lipinski definition) is 8. The second-order valence-electron chi connectivity index (χ2n) is 10.1. The molecule has 0 amide bonds. The van der Waals surface area contributed by atoms with Crippen LogP contribution in [0.3, 0.4) is 0 Å². The monoisotopic (exact) mass is 577 g/mol. The first kappa shape index (κ1) is 30.4. The number of aliphatic hydroxyl groups is 1. The SMILES string of the molecule is CCCCCCCCc1nc(-c2ccc(S(=O)(=O)Nc3ccc(CCNC[C@H](O)c4cccnc4)cc3)cc2)no1. The van der Waals surface area contributed by atoms with Crippen molar-refractivity contribution in [2.24, 2.45) is 0 Å². The van der Waals surface area contributed by atoms with Crippen molar-refractivity contribution in [3.8, 4) is 11.4 Å². The minimum atomic E-state index is -3.76. The number of unbranched alkanes of at least 4 members (excludes halogenated alkanes) is 5. The van der Waals surface area contributed by atoms with E-state index in [-0.39, 0.29) is 4.90 Å². The Morgan fingerprint density at radius 1 is 0.927 bits per heavy atom. The van der Waals surface area contributed by atoms with Gasteiger partial charge in [0, 0.05) is 42.2 Å². The molecule has 2 aromatic heterocycles. The number of nitrogens with zero attached hydrogens (tertiary/aromatic N) is 3. The van der Waals surface area contributed by atoms with Crippen molar-refractivity contribution in [1.29, 1.82) is 0 Å². The molecule has 0 bridgehead atoms. The molecule has 4 aromatic rings. The largest absolute Gasteiger partial charge is 0.387 e. The summed E-state index contributed by atoms with van der Waals surface area (Å²) in [6, 6.07) is 17.4. The molecular formula is C31H39N5O4S. The van der Waals surface area contributed by atoms with Gasteiger partial charge in [0.15, 0.2) is 0 Å². The fourth-order valence-corrected chi connectivity index (χ4v) is 5.49. The molecule has 0 spiro atoms. The van der Waals surface area contributed by atoms with E-state index >= 15 is 0 Å². The Morgan fingerprint density at radius 2 is 1.68 bits per heavy atom. The van der Waals surface area contributed by atoms with E-state index in [0.29, 0.717) is 36.1 Å². The van der Waals surface area contributed by atoms with Gasteiger partial charge in [0.05, 0.1) is 11.0 Å². The van der Waals surface area contributed by atoms with Crippen LogP contribution in [0.2, 0.25) is 0 Å². The van der Waals surface area contributed by atoms with Crippen molar-refractivity contribution in [3.05, 3.63) is 90.1 Å². The smallest absolute Gasteiger partial charge is 0.261 e. The summed E-state index contributed by atoms with van der Waals surface area (Å²) < 4.78 is 33.9. The van der Waals surface area contributed by atoms with Crippen LogP contribution in [0.1, 0.15) is 68.6 Å². The molecule has 1 atom stereocenters. The van der Waals surface area contributed by atoms with Crippen molar-refractivity contribution in [2.45, 2.75) is 69.3 Å². The van der Waals surface area contributed by atoms with Gasteiger partial charge < -0.3 is 14.9 Å². The van der Waals surface area contributed by atoms with Crippen LogP contribution in [-0.4, -0.2) is 41.7 Å². The lowest BCUT2D eigenvalue weighted by atomic mass is 10.1. The molecule has 4 rings (SSSR count). The second-order valence-corrected chi connectivity index (χ2v) is 11.8. The molecule has 0 saturated heterocycles. The van der Waals surface area contributed by atoms with E-state index in [1.807, 2.05) is 18.2 Å². The molecule has 2 aromatic carbocycles. The number of anilines is 1. The number of aryl methyl sites for hydroxylation is 1. The number of nitrogens with one attached hydrogen (secondary N) is 2. The summed E-state index contributed by atoms with van der Waals surface area (Å²) in [5.74, 6) is 1.06. The quantitative estimate of drug-likeness (QED) is 0.136. The van der Waals surface area contributed by atoms with Gasteiger partial charge in [0.25, 0.3) is 10.0 Å². The van der Waals surface area contributed by atoms with Gasteiger partial charge in [-0.1, -0.05) is 62.4 Å². The molecule has 0 aliphatic heterocycles. The Morgan fingerprint density at radius 3 is 2.41 bits per heavy atom. The molecule has 0 saturated carbocycles. The molecule has 218 valence electrons. The molecular weight excluding hydrogens is 538 g/mol. The Bertz CT molecular complexity index is 1430. The minimum Gasteiger partial charge on any atom is -0.387 e. The maximum atomic E-state index is 12.9. The third kappa shape index (κ3) is 9.48. The highest BCUT2D eigenvalue weighted by atomic mass is 32.2. The lowest BCUT2D eigenvalue weighted by Gasteiger charge is -2.12. The molecule has 2 heterocycles. The Hall–Kier alpha value is -3.60. The Kier molecular flexibility index (Phi) is 11.4. The molecule has 0 unspecified atom stereocenters. The van der Waals surface area contributed by atoms with Crippen molar-refractivity contribution in [2.75, 3.05) is 17.8 Å². The summed E-state index contributed by atoms with van der Waals surface area (Å²) in [6.45, 7) is 3.31. The van der Waals surface area contributed by atoms with Crippen molar-refractivity contribution >= 4 is 15.7 Å². The Balaban J connectivity index is 1.23. The lowest BCUT2D eigenvalue weighted by molar-refractivity contribution is 0.174. The van der Waals surface area contributed by atoms with Crippen LogP contribution in [0.4, 0.5) is 5.69 Å². The molecule has 0 radical (unpaired) electrons. The number of aliphatic hydroxyl groups excluding tert-OH is 1. The van der Waals surface area contributed by atoms with Crippen LogP contribution in [0.5, 0.6) is 0 Å². The highest BCUT2D eigenvalue weighted by molar-refractivity contribution is 7.92. The average molecular weight is 578 g/mol. The first-order chi connectivity index (χ1) is 19.9. The van der Waals surface area contributed by atoms with Gasteiger partial charge in [0.1, 0.15) is 0 Å². The van der Waals surface area contributed by atoms with Gasteiger partial charge in [-0.2, -0.15) is 4.98 Å². The van der Waals surface area contributed by atoms with E-state index < -0.39 is 16.1 Å². The lowest BCUT2D eigenvalue weighted by Crippen LogP contribution is -2.23. The number of benzene rings is 2. The van der Waals surface area contributed by atoms with Crippen LogP contribution in [-0.2, 0) is 22.9 Å². The number of sulfonamides is 1. The summed E-state index contributed by atoms with van der Waals surface area (Å²) in [5.41, 5.74) is 3.01. The molecule has 3 N–H and O–H groups in total. The summed E-state index contributed by atoms with van der Waals surface area (Å²) in [5, 5.41) is 17.5. The first-order valence-electron chi connectivity index (χ1n) is 14.3. The second kappa shape index (κ2) is 15.4. The van der Waals surface area contributed by atoms with Crippen molar-refractivity contribution < 1.29 is 18.0 Å². The predicted octanol–water partition coefficient (Wildman–Crippen LogP) is 5.70. The fraction of sp³-hybridized carbons (Fsp3) is 0.387. The average Bonchev–Trinajstić information content (AvgIpc) is 3.47. The maximum Gasteiger partial charge on any atom is 0.261 e. The number of pyridine rings is 1. The van der Waals surface area contributed by atoms with Crippen molar-refractivity contribution in [3.63, 3.8) is 0 Å². The zero-order chi connectivity index (χ0) is 28.9. The highest BCUT2D eigenvalue weighted by Gasteiger charge is 2.16. The molecule has 0 aliphatic carbocycles. The fourth-order valence-electron chi connectivity index (χ4n) is 4.43. The third-order valence-electron chi connectivity index (χ3n) is 6.84. The standard InChI is InChI=1S/C31H39N5O4S/c1-2-3-4-5-6-7-10-30-34-31(35-40-30)25-13-17-28(18-14-25)41(38,39)36-27-15-11-24(12-16-27)19-21-33-23-29(37)26-9-8-20-32-22-26/h8-9,11-18,20,22,29,33,36-37H,2-7,10,19,21,23H2,1H3/t29-/m0/s1. The molecule has 0 aliphatic rings. The van der Waals surface area contributed by atoms with Crippen LogP contribution in [0, 0.1) is 0 Å². The first-order valence-corrected chi connectivity index (χ1v) is 15.8. The molecule has 10 heteroatoms. The van der Waals surface area contributed by atoms with E-state index in [0.717, 1.165) is 36.8 Å². The Labute approximate surface area is 242 Å². The van der Waals surface area contributed by atoms with Crippen molar-refractivity contribution in [1.82, 2.24) is 20.4 Å². The summed E-state index contributed by atoms with van der Waals surface area (Å²) in [6.07, 6.45) is 11.4. The highest BCUT2D eigenvalue weighted by Crippen LogP contribution is 2.22. The maximum absolute atomic E-state index is 12.9. The van der Waals surface area contributed by atoms with Crippen LogP contribution in [0.25, 0.3) is 11.4 Å². The predicted molar refractivity (Wildman–Crippen MR) is 160 cm³/mol. The van der Waals surface area contributed by atoms with Crippen LogP contribution in [0.15, 0.2) is 82.5 Å².